The first-order valence-corrected chi connectivity index (χ1v) is 11.1. The van der Waals surface area contributed by atoms with E-state index in [-0.39, 0.29) is 5.56 Å². The lowest BCUT2D eigenvalue weighted by Gasteiger charge is -2.11. The van der Waals surface area contributed by atoms with Crippen molar-refractivity contribution in [3.63, 3.8) is 0 Å². The van der Waals surface area contributed by atoms with Gasteiger partial charge in [0.15, 0.2) is 0 Å². The van der Waals surface area contributed by atoms with Gasteiger partial charge in [0, 0.05) is 32.8 Å². The lowest BCUT2D eigenvalue weighted by Crippen LogP contribution is -2.22. The summed E-state index contributed by atoms with van der Waals surface area (Å²) in [5.41, 5.74) is 4.92. The fraction of sp³-hybridized carbons (Fsp3) is 0.0769. The highest BCUT2D eigenvalue weighted by Gasteiger charge is 2.13. The van der Waals surface area contributed by atoms with Crippen LogP contribution in [0.2, 0.25) is 0 Å². The highest BCUT2D eigenvalue weighted by Crippen LogP contribution is 2.27. The summed E-state index contributed by atoms with van der Waals surface area (Å²) in [5, 5.41) is 1.80. The number of aryl methyl sites for hydroxylation is 1. The topological polar surface area (TPSA) is 39.8 Å². The van der Waals surface area contributed by atoms with E-state index in [1.165, 1.54) is 16.6 Å². The lowest BCUT2D eigenvalue weighted by molar-refractivity contribution is 0.916. The Morgan fingerprint density at radius 3 is 2.45 bits per heavy atom. The zero-order valence-corrected chi connectivity index (χ0v) is 19.4. The van der Waals surface area contributed by atoms with Crippen LogP contribution in [0.4, 0.5) is 0 Å². The van der Waals surface area contributed by atoms with Gasteiger partial charge in [0.1, 0.15) is 5.82 Å². The van der Waals surface area contributed by atoms with Crippen molar-refractivity contribution in [3.8, 4) is 5.69 Å². The molecule has 3 aromatic carbocycles. The van der Waals surface area contributed by atoms with Crippen LogP contribution in [0.1, 0.15) is 17.1 Å². The van der Waals surface area contributed by atoms with Crippen molar-refractivity contribution in [2.75, 3.05) is 0 Å². The van der Waals surface area contributed by atoms with E-state index >= 15 is 0 Å². The second kappa shape index (κ2) is 7.81. The average molecular weight is 517 g/mol. The molecule has 2 heterocycles. The number of nitrogens with zero attached hydrogens (tertiary/aromatic N) is 3. The standard InChI is InChI=1S/C26H20IN3O/c1-17-20(21-10-6-7-11-24(21)29(17)2)13-15-25-28-23-14-12-18(27)16-22(23)26(31)30(25)19-8-4-3-5-9-19/h3-16H,1-2H3. The summed E-state index contributed by atoms with van der Waals surface area (Å²) in [4.78, 5) is 18.3. The van der Waals surface area contributed by atoms with E-state index in [1.807, 2.05) is 54.6 Å². The third kappa shape index (κ3) is 3.39. The Bertz CT molecular complexity index is 1530. The molecule has 0 aliphatic carbocycles. The van der Waals surface area contributed by atoms with Gasteiger partial charge >= 0.3 is 0 Å². The minimum Gasteiger partial charge on any atom is -0.347 e. The largest absolute Gasteiger partial charge is 0.347 e. The van der Waals surface area contributed by atoms with Crippen LogP contribution < -0.4 is 5.56 Å². The Kier molecular flexibility index (Phi) is 4.98. The van der Waals surface area contributed by atoms with E-state index in [0.717, 1.165) is 14.8 Å². The first-order chi connectivity index (χ1) is 15.0. The van der Waals surface area contributed by atoms with E-state index in [0.29, 0.717) is 16.7 Å². The van der Waals surface area contributed by atoms with Gasteiger partial charge in [0.05, 0.1) is 16.6 Å². The number of aromatic nitrogens is 3. The molecule has 0 bridgehead atoms. The van der Waals surface area contributed by atoms with Crippen molar-refractivity contribution in [1.29, 1.82) is 0 Å². The van der Waals surface area contributed by atoms with E-state index < -0.39 is 0 Å². The van der Waals surface area contributed by atoms with Crippen LogP contribution in [-0.4, -0.2) is 14.1 Å². The summed E-state index contributed by atoms with van der Waals surface area (Å²) >= 11 is 2.23. The highest BCUT2D eigenvalue weighted by molar-refractivity contribution is 14.1. The first-order valence-electron chi connectivity index (χ1n) is 10.0. The van der Waals surface area contributed by atoms with Crippen LogP contribution in [-0.2, 0) is 7.05 Å². The van der Waals surface area contributed by atoms with Gasteiger partial charge in [-0.2, -0.15) is 0 Å². The number of para-hydroxylation sites is 2. The molecular formula is C26H20IN3O. The van der Waals surface area contributed by atoms with Gasteiger partial charge in [-0.25, -0.2) is 4.98 Å². The maximum Gasteiger partial charge on any atom is 0.266 e. The Hall–Kier alpha value is -3.19. The normalized spacial score (nSPS) is 11.7. The maximum atomic E-state index is 13.5. The summed E-state index contributed by atoms with van der Waals surface area (Å²) in [6, 6.07) is 23.8. The summed E-state index contributed by atoms with van der Waals surface area (Å²) in [6.45, 7) is 2.11. The van der Waals surface area contributed by atoms with Crippen LogP contribution in [0.5, 0.6) is 0 Å². The molecule has 0 aliphatic heterocycles. The zero-order valence-electron chi connectivity index (χ0n) is 17.2. The molecule has 5 rings (SSSR count). The van der Waals surface area contributed by atoms with Crippen LogP contribution >= 0.6 is 22.6 Å². The summed E-state index contributed by atoms with van der Waals surface area (Å²) < 4.78 is 4.89. The van der Waals surface area contributed by atoms with E-state index in [1.54, 1.807) is 4.57 Å². The van der Waals surface area contributed by atoms with Crippen LogP contribution in [0.15, 0.2) is 77.6 Å². The van der Waals surface area contributed by atoms with Gasteiger partial charge in [0.2, 0.25) is 0 Å². The Labute approximate surface area is 193 Å². The molecule has 0 amide bonds. The number of rotatable bonds is 3. The van der Waals surface area contributed by atoms with Gasteiger partial charge < -0.3 is 4.57 Å². The van der Waals surface area contributed by atoms with E-state index in [4.69, 9.17) is 4.98 Å². The predicted octanol–water partition coefficient (Wildman–Crippen LogP) is 5.96. The van der Waals surface area contributed by atoms with Gasteiger partial charge in [-0.15, -0.1) is 0 Å². The SMILES string of the molecule is Cc1c(C=Cc2nc3ccc(I)cc3c(=O)n2-c2ccccc2)c2ccccc2n1C. The molecule has 0 radical (unpaired) electrons. The van der Waals surface area contributed by atoms with Crippen molar-refractivity contribution >= 4 is 56.5 Å². The van der Waals surface area contributed by atoms with Crippen LogP contribution in [0.3, 0.4) is 0 Å². The second-order valence-electron chi connectivity index (χ2n) is 7.52. The number of hydrogen-bond donors (Lipinski definition) is 0. The molecule has 152 valence electrons. The minimum absolute atomic E-state index is 0.0657. The fourth-order valence-corrected chi connectivity index (χ4v) is 4.52. The molecule has 0 N–H and O–H groups in total. The number of halogens is 1. The molecule has 5 aromatic rings. The summed E-state index contributed by atoms with van der Waals surface area (Å²) in [5.74, 6) is 0.609. The fourth-order valence-electron chi connectivity index (χ4n) is 4.03. The summed E-state index contributed by atoms with van der Waals surface area (Å²) in [7, 11) is 2.07. The molecule has 0 saturated carbocycles. The smallest absolute Gasteiger partial charge is 0.266 e. The van der Waals surface area contributed by atoms with Gasteiger partial charge in [-0.05, 0) is 78.1 Å². The lowest BCUT2D eigenvalue weighted by atomic mass is 10.1. The van der Waals surface area contributed by atoms with Crippen molar-refractivity contribution in [2.45, 2.75) is 6.92 Å². The van der Waals surface area contributed by atoms with Crippen molar-refractivity contribution in [3.05, 3.63) is 104 Å². The summed E-state index contributed by atoms with van der Waals surface area (Å²) in [6.07, 6.45) is 4.01. The van der Waals surface area contributed by atoms with Crippen LogP contribution in [0.25, 0.3) is 39.6 Å². The number of hydrogen-bond acceptors (Lipinski definition) is 2. The van der Waals surface area contributed by atoms with Crippen molar-refractivity contribution < 1.29 is 0 Å². The third-order valence-electron chi connectivity index (χ3n) is 5.72. The van der Waals surface area contributed by atoms with Gasteiger partial charge in [0.25, 0.3) is 5.56 Å². The maximum absolute atomic E-state index is 13.5. The molecule has 0 aliphatic rings. The Morgan fingerprint density at radius 2 is 1.65 bits per heavy atom. The van der Waals surface area contributed by atoms with Crippen LogP contribution in [0, 0.1) is 10.5 Å². The Morgan fingerprint density at radius 1 is 0.903 bits per heavy atom. The first kappa shape index (κ1) is 19.8. The second-order valence-corrected chi connectivity index (χ2v) is 8.76. The van der Waals surface area contributed by atoms with Crippen molar-refractivity contribution in [1.82, 2.24) is 14.1 Å². The molecule has 0 atom stereocenters. The third-order valence-corrected chi connectivity index (χ3v) is 6.39. The molecule has 0 fully saturated rings. The zero-order chi connectivity index (χ0) is 21.5. The molecule has 4 nitrogen and oxygen atoms in total. The molecule has 31 heavy (non-hydrogen) atoms. The number of benzene rings is 3. The molecular weight excluding hydrogens is 497 g/mol. The molecule has 0 unspecified atom stereocenters. The quantitative estimate of drug-likeness (QED) is 0.277. The molecule has 5 heteroatoms. The highest BCUT2D eigenvalue weighted by atomic mass is 127. The van der Waals surface area contributed by atoms with Crippen molar-refractivity contribution in [2.24, 2.45) is 7.05 Å². The molecule has 0 saturated heterocycles. The van der Waals surface area contributed by atoms with E-state index in [9.17, 15) is 4.79 Å². The average Bonchev–Trinajstić information content (AvgIpc) is 3.03. The minimum atomic E-state index is -0.0657. The monoisotopic (exact) mass is 517 g/mol. The van der Waals surface area contributed by atoms with E-state index in [2.05, 4.69) is 71.5 Å². The predicted molar refractivity (Wildman–Crippen MR) is 137 cm³/mol. The van der Waals surface area contributed by atoms with Gasteiger partial charge in [-0.1, -0.05) is 36.4 Å². The molecule has 0 spiro atoms. The number of fused-ring (bicyclic) bond motifs is 2. The Balaban J connectivity index is 1.77. The van der Waals surface area contributed by atoms with Gasteiger partial charge in [-0.3, -0.25) is 9.36 Å². The molecule has 2 aromatic heterocycles.